The Kier molecular flexibility index (Phi) is 3.12. The summed E-state index contributed by atoms with van der Waals surface area (Å²) in [5, 5.41) is 6.51. The molecule has 20 heavy (non-hydrogen) atoms. The lowest BCUT2D eigenvalue weighted by molar-refractivity contribution is 0.435. The van der Waals surface area contributed by atoms with E-state index in [1.54, 1.807) is 18.2 Å². The number of halogens is 2. The van der Waals surface area contributed by atoms with Gasteiger partial charge in [0.25, 0.3) is 0 Å². The maximum Gasteiger partial charge on any atom is 0.326 e. The first kappa shape index (κ1) is 12.3. The number of aromatic nitrogens is 2. The fraction of sp³-hybridized carbons (Fsp3) is 0. The van der Waals surface area contributed by atoms with E-state index in [2.05, 4.69) is 15.5 Å². The lowest BCUT2D eigenvalue weighted by Gasteiger charge is -1.99. The van der Waals surface area contributed by atoms with E-state index in [4.69, 9.17) is 4.52 Å². The number of nitrogens with one attached hydrogen (secondary N) is 1. The van der Waals surface area contributed by atoms with Gasteiger partial charge in [-0.05, 0) is 36.4 Å². The van der Waals surface area contributed by atoms with Crippen LogP contribution in [0.1, 0.15) is 0 Å². The Morgan fingerprint density at radius 1 is 0.950 bits per heavy atom. The Labute approximate surface area is 113 Å². The second kappa shape index (κ2) is 5.08. The lowest BCUT2D eigenvalue weighted by Crippen LogP contribution is -1.91. The zero-order chi connectivity index (χ0) is 13.9. The van der Waals surface area contributed by atoms with Gasteiger partial charge in [0.2, 0.25) is 5.82 Å². The van der Waals surface area contributed by atoms with Crippen molar-refractivity contribution < 1.29 is 13.3 Å². The topological polar surface area (TPSA) is 51.0 Å². The summed E-state index contributed by atoms with van der Waals surface area (Å²) in [5.74, 6) is -0.623. The first-order chi connectivity index (χ1) is 9.72. The van der Waals surface area contributed by atoms with Crippen LogP contribution in [0.3, 0.4) is 0 Å². The van der Waals surface area contributed by atoms with Crippen molar-refractivity contribution >= 4 is 11.7 Å². The van der Waals surface area contributed by atoms with Gasteiger partial charge in [0.1, 0.15) is 11.6 Å². The number of hydrogen-bond donors (Lipinski definition) is 1. The second-order valence-electron chi connectivity index (χ2n) is 4.03. The molecule has 0 spiro atoms. The van der Waals surface area contributed by atoms with Gasteiger partial charge in [-0.15, -0.1) is 0 Å². The molecule has 0 unspecified atom stereocenters. The molecule has 0 aliphatic carbocycles. The predicted octanol–water partition coefficient (Wildman–Crippen LogP) is 3.76. The van der Waals surface area contributed by atoms with E-state index in [1.807, 2.05) is 0 Å². The standard InChI is InChI=1S/C14H9F2N3O/c15-9-5-7-10(8-6-9)17-14-18-13(19-20-14)11-3-1-2-4-12(11)16/h1-8H,(H,17,18,19). The van der Waals surface area contributed by atoms with Crippen molar-refractivity contribution in [1.29, 1.82) is 0 Å². The maximum atomic E-state index is 13.6. The van der Waals surface area contributed by atoms with Crippen LogP contribution in [0.15, 0.2) is 53.1 Å². The maximum absolute atomic E-state index is 13.6. The summed E-state index contributed by atoms with van der Waals surface area (Å²) in [4.78, 5) is 4.04. The van der Waals surface area contributed by atoms with Gasteiger partial charge in [0, 0.05) is 5.69 Å². The normalized spacial score (nSPS) is 10.5. The molecule has 2 aromatic carbocycles. The van der Waals surface area contributed by atoms with Gasteiger partial charge >= 0.3 is 6.01 Å². The second-order valence-corrected chi connectivity index (χ2v) is 4.03. The van der Waals surface area contributed by atoms with Crippen LogP contribution in [-0.4, -0.2) is 10.1 Å². The molecule has 0 fully saturated rings. The van der Waals surface area contributed by atoms with E-state index in [9.17, 15) is 8.78 Å². The summed E-state index contributed by atoms with van der Waals surface area (Å²) in [6, 6.07) is 11.9. The van der Waals surface area contributed by atoms with Gasteiger partial charge in [-0.2, -0.15) is 4.98 Å². The summed E-state index contributed by atoms with van der Waals surface area (Å²) in [6.07, 6.45) is 0. The van der Waals surface area contributed by atoms with E-state index in [1.165, 1.54) is 30.3 Å². The van der Waals surface area contributed by atoms with Gasteiger partial charge in [0.15, 0.2) is 0 Å². The van der Waals surface area contributed by atoms with Crippen LogP contribution < -0.4 is 5.32 Å². The SMILES string of the molecule is Fc1ccc(Nc2nc(-c3ccccc3F)no2)cc1. The molecule has 6 heteroatoms. The number of nitrogens with zero attached hydrogens (tertiary/aromatic N) is 2. The molecule has 0 aliphatic heterocycles. The number of anilines is 2. The van der Waals surface area contributed by atoms with Crippen LogP contribution in [0.5, 0.6) is 0 Å². The van der Waals surface area contributed by atoms with E-state index in [0.717, 1.165) is 0 Å². The molecule has 0 amide bonds. The summed E-state index contributed by atoms with van der Waals surface area (Å²) >= 11 is 0. The number of benzene rings is 2. The zero-order valence-corrected chi connectivity index (χ0v) is 10.2. The molecule has 1 aromatic heterocycles. The van der Waals surface area contributed by atoms with Crippen LogP contribution in [0, 0.1) is 11.6 Å². The summed E-state index contributed by atoms with van der Waals surface area (Å²) in [5.41, 5.74) is 0.846. The lowest BCUT2D eigenvalue weighted by atomic mass is 10.2. The largest absolute Gasteiger partial charge is 0.326 e. The average Bonchev–Trinajstić information content (AvgIpc) is 2.90. The number of hydrogen-bond acceptors (Lipinski definition) is 4. The van der Waals surface area contributed by atoms with Crippen LogP contribution in [-0.2, 0) is 0 Å². The Morgan fingerprint density at radius 3 is 2.45 bits per heavy atom. The van der Waals surface area contributed by atoms with Crippen molar-refractivity contribution in [2.24, 2.45) is 0 Å². The monoisotopic (exact) mass is 273 g/mol. The molecular weight excluding hydrogens is 264 g/mol. The van der Waals surface area contributed by atoms with Gasteiger partial charge in [-0.3, -0.25) is 0 Å². The molecule has 1 N–H and O–H groups in total. The minimum atomic E-state index is -0.429. The molecule has 1 heterocycles. The zero-order valence-electron chi connectivity index (χ0n) is 10.2. The molecule has 0 saturated heterocycles. The van der Waals surface area contributed by atoms with Crippen molar-refractivity contribution in [1.82, 2.24) is 10.1 Å². The molecule has 3 rings (SSSR count). The van der Waals surface area contributed by atoms with Crippen molar-refractivity contribution in [2.45, 2.75) is 0 Å². The Morgan fingerprint density at radius 2 is 1.70 bits per heavy atom. The van der Waals surface area contributed by atoms with Gasteiger partial charge in [-0.25, -0.2) is 8.78 Å². The van der Waals surface area contributed by atoms with Crippen molar-refractivity contribution in [2.75, 3.05) is 5.32 Å². The third-order valence-electron chi connectivity index (χ3n) is 2.64. The van der Waals surface area contributed by atoms with E-state index >= 15 is 0 Å². The highest BCUT2D eigenvalue weighted by Crippen LogP contribution is 2.22. The molecular formula is C14H9F2N3O. The smallest absolute Gasteiger partial charge is 0.315 e. The highest BCUT2D eigenvalue weighted by molar-refractivity contribution is 5.58. The predicted molar refractivity (Wildman–Crippen MR) is 69.4 cm³/mol. The third kappa shape index (κ3) is 2.49. The summed E-state index contributed by atoms with van der Waals surface area (Å²) < 4.78 is 31.3. The van der Waals surface area contributed by atoms with Crippen molar-refractivity contribution in [3.05, 3.63) is 60.2 Å². The van der Waals surface area contributed by atoms with E-state index < -0.39 is 5.82 Å². The Bertz CT molecular complexity index is 725. The number of rotatable bonds is 3. The molecule has 0 bridgehead atoms. The summed E-state index contributed by atoms with van der Waals surface area (Å²) in [6.45, 7) is 0. The Hall–Kier alpha value is -2.76. The fourth-order valence-electron chi connectivity index (χ4n) is 1.68. The minimum Gasteiger partial charge on any atom is -0.315 e. The minimum absolute atomic E-state index is 0.106. The first-order valence-corrected chi connectivity index (χ1v) is 5.83. The van der Waals surface area contributed by atoms with Crippen LogP contribution >= 0.6 is 0 Å². The van der Waals surface area contributed by atoms with E-state index in [0.29, 0.717) is 5.69 Å². The molecule has 4 nitrogen and oxygen atoms in total. The van der Waals surface area contributed by atoms with E-state index in [-0.39, 0.29) is 23.2 Å². The van der Waals surface area contributed by atoms with Gasteiger partial charge in [-0.1, -0.05) is 17.3 Å². The van der Waals surface area contributed by atoms with Crippen molar-refractivity contribution in [3.8, 4) is 11.4 Å². The Balaban J connectivity index is 1.84. The van der Waals surface area contributed by atoms with Crippen LogP contribution in [0.4, 0.5) is 20.5 Å². The molecule has 3 aromatic rings. The van der Waals surface area contributed by atoms with Crippen LogP contribution in [0.25, 0.3) is 11.4 Å². The molecule has 0 saturated carbocycles. The first-order valence-electron chi connectivity index (χ1n) is 5.83. The van der Waals surface area contributed by atoms with Crippen molar-refractivity contribution in [3.63, 3.8) is 0 Å². The molecule has 100 valence electrons. The molecule has 0 radical (unpaired) electrons. The highest BCUT2D eigenvalue weighted by atomic mass is 19.1. The molecule has 0 aliphatic rings. The fourth-order valence-corrected chi connectivity index (χ4v) is 1.68. The third-order valence-corrected chi connectivity index (χ3v) is 2.64. The highest BCUT2D eigenvalue weighted by Gasteiger charge is 2.12. The molecule has 0 atom stereocenters. The summed E-state index contributed by atoms with van der Waals surface area (Å²) in [7, 11) is 0. The quantitative estimate of drug-likeness (QED) is 0.789. The van der Waals surface area contributed by atoms with Gasteiger partial charge in [0.05, 0.1) is 5.56 Å². The average molecular weight is 273 g/mol. The van der Waals surface area contributed by atoms with Crippen LogP contribution in [0.2, 0.25) is 0 Å². The van der Waals surface area contributed by atoms with Gasteiger partial charge < -0.3 is 9.84 Å².